The van der Waals surface area contributed by atoms with Crippen molar-refractivity contribution in [2.45, 2.75) is 161 Å². The number of nitrogens with zero attached hydrogens (tertiary/aromatic N) is 1. The lowest BCUT2D eigenvalue weighted by atomic mass is 9.68. The van der Waals surface area contributed by atoms with Crippen molar-refractivity contribution in [1.82, 2.24) is 26.2 Å². The van der Waals surface area contributed by atoms with E-state index in [0.717, 1.165) is 44.9 Å². The molecule has 8 atom stereocenters. The molecule has 1 heterocycles. The predicted molar refractivity (Wildman–Crippen MR) is 211 cm³/mol. The Bertz CT molecular complexity index is 1540. The predicted octanol–water partition coefficient (Wildman–Crippen LogP) is 5.06. The van der Waals surface area contributed by atoms with Gasteiger partial charge in [-0.3, -0.25) is 19.2 Å². The second kappa shape index (κ2) is 16.6. The largest absolute Gasteiger partial charge is 0.346 e. The second-order valence-electron chi connectivity index (χ2n) is 18.8. The smallest absolute Gasteiger partial charge is 0.315 e. The van der Waals surface area contributed by atoms with Crippen LogP contribution in [-0.4, -0.2) is 90.1 Å². The van der Waals surface area contributed by atoms with E-state index >= 15 is 4.79 Å². The molecule has 3 aliphatic carbocycles. The van der Waals surface area contributed by atoms with Crippen LogP contribution in [0.3, 0.4) is 0 Å². The Kier molecular flexibility index (Phi) is 13.5. The van der Waals surface area contributed by atoms with Crippen LogP contribution in [0.2, 0.25) is 0 Å². The highest BCUT2D eigenvalue weighted by Gasteiger charge is 2.70. The van der Waals surface area contributed by atoms with Gasteiger partial charge in [0.15, 0.2) is 9.84 Å². The number of urea groups is 1. The molecule has 0 bridgehead atoms. The molecule has 4 rings (SSSR count). The first kappa shape index (κ1) is 43.8. The molecule has 12 nitrogen and oxygen atoms in total. The highest BCUT2D eigenvalue weighted by Crippen LogP contribution is 2.65. The Balaban J connectivity index is 1.66. The first-order valence-corrected chi connectivity index (χ1v) is 22.1. The molecule has 4 fully saturated rings. The zero-order valence-corrected chi connectivity index (χ0v) is 35.3. The third-order valence-electron chi connectivity index (χ3n) is 13.8. The molecule has 1 unspecified atom stereocenters. The summed E-state index contributed by atoms with van der Waals surface area (Å²) in [7, 11) is -3.63. The third kappa shape index (κ3) is 8.86. The number of Topliss-reactive ketones (excluding diaryl/α,β-unsaturated/α-hetero) is 1. The molecule has 0 aromatic rings. The summed E-state index contributed by atoms with van der Waals surface area (Å²) in [5.41, 5.74) is -1.85. The Labute approximate surface area is 324 Å². The van der Waals surface area contributed by atoms with Gasteiger partial charge in [0.05, 0.1) is 22.1 Å². The van der Waals surface area contributed by atoms with Gasteiger partial charge < -0.3 is 26.2 Å². The van der Waals surface area contributed by atoms with Crippen molar-refractivity contribution in [3.63, 3.8) is 0 Å². The van der Waals surface area contributed by atoms with Crippen LogP contribution >= 0.6 is 0 Å². The minimum Gasteiger partial charge on any atom is -0.346 e. The summed E-state index contributed by atoms with van der Waals surface area (Å²) in [6, 6.07) is -3.48. The van der Waals surface area contributed by atoms with Gasteiger partial charge in [0.2, 0.25) is 17.6 Å². The van der Waals surface area contributed by atoms with E-state index in [0.29, 0.717) is 25.8 Å². The van der Waals surface area contributed by atoms with Crippen LogP contribution in [0.4, 0.5) is 4.79 Å². The van der Waals surface area contributed by atoms with E-state index in [1.165, 1.54) is 6.08 Å². The number of carbonyl (C=O) groups is 5. The van der Waals surface area contributed by atoms with E-state index < -0.39 is 67.3 Å². The lowest BCUT2D eigenvalue weighted by Gasteiger charge is -2.49. The van der Waals surface area contributed by atoms with E-state index in [9.17, 15) is 27.6 Å². The van der Waals surface area contributed by atoms with Crippen molar-refractivity contribution in [1.29, 1.82) is 0 Å². The molecular formula is C41H69N5O7S. The number of ketones is 1. The van der Waals surface area contributed by atoms with Crippen molar-refractivity contribution in [3.05, 3.63) is 12.7 Å². The van der Waals surface area contributed by atoms with Crippen LogP contribution in [0.1, 0.15) is 133 Å². The average molecular weight is 776 g/mol. The fourth-order valence-corrected chi connectivity index (χ4v) is 11.4. The van der Waals surface area contributed by atoms with Crippen molar-refractivity contribution in [2.75, 3.05) is 18.8 Å². The number of carbonyl (C=O) groups excluding carboxylic acids is 5. The van der Waals surface area contributed by atoms with Crippen LogP contribution in [0.15, 0.2) is 12.7 Å². The summed E-state index contributed by atoms with van der Waals surface area (Å²) in [4.78, 5) is 71.3. The quantitative estimate of drug-likeness (QED) is 0.133. The molecule has 5 amide bonds. The minimum atomic E-state index is -3.63. The average Bonchev–Trinajstić information content (AvgIpc) is 3.39. The molecule has 54 heavy (non-hydrogen) atoms. The Morgan fingerprint density at radius 1 is 0.944 bits per heavy atom. The molecule has 0 spiro atoms. The summed E-state index contributed by atoms with van der Waals surface area (Å²) in [5, 5.41) is 11.7. The number of piperidine rings is 1. The summed E-state index contributed by atoms with van der Waals surface area (Å²) in [6.45, 7) is 21.2. The van der Waals surface area contributed by atoms with Crippen LogP contribution in [0.25, 0.3) is 0 Å². The molecule has 0 aromatic carbocycles. The lowest BCUT2D eigenvalue weighted by molar-refractivity contribution is -0.146. The van der Waals surface area contributed by atoms with E-state index in [4.69, 9.17) is 0 Å². The van der Waals surface area contributed by atoms with Crippen LogP contribution < -0.4 is 21.3 Å². The van der Waals surface area contributed by atoms with Crippen LogP contribution in [0, 0.1) is 34.5 Å². The van der Waals surface area contributed by atoms with Gasteiger partial charge in [0.25, 0.3) is 5.91 Å². The number of hydrogen-bond donors (Lipinski definition) is 4. The van der Waals surface area contributed by atoms with Gasteiger partial charge in [0, 0.05) is 13.1 Å². The van der Waals surface area contributed by atoms with Gasteiger partial charge in [0.1, 0.15) is 12.1 Å². The summed E-state index contributed by atoms with van der Waals surface area (Å²) in [6.07, 6.45) is 9.82. The zero-order chi connectivity index (χ0) is 40.4. The molecule has 306 valence electrons. The highest BCUT2D eigenvalue weighted by molar-refractivity contribution is 7.92. The molecule has 0 aromatic heterocycles. The molecular weight excluding hydrogens is 707 g/mol. The number of nitrogens with one attached hydrogen (secondary N) is 4. The number of amides is 5. The maximum absolute atomic E-state index is 15.0. The van der Waals surface area contributed by atoms with Gasteiger partial charge in [-0.15, -0.1) is 6.58 Å². The van der Waals surface area contributed by atoms with E-state index in [-0.39, 0.29) is 53.7 Å². The van der Waals surface area contributed by atoms with Crippen molar-refractivity contribution in [3.8, 4) is 0 Å². The van der Waals surface area contributed by atoms with Crippen LogP contribution in [0.5, 0.6) is 0 Å². The molecule has 1 aliphatic heterocycles. The topological polar surface area (TPSA) is 171 Å². The fraction of sp³-hybridized carbons (Fsp3) is 0.829. The fourth-order valence-electron chi connectivity index (χ4n) is 9.71. The normalized spacial score (nSPS) is 29.9. The monoisotopic (exact) mass is 775 g/mol. The third-order valence-corrected chi connectivity index (χ3v) is 16.6. The second-order valence-corrected chi connectivity index (χ2v) is 21.6. The standard InChI is InChI=1S/C41H69N5O7S/c1-11-13-20-29(32(47)35(49)42-23-12-2)43-34(48)31-30-28(39(30,8)9)24-46(31)36(50)33(40(10)21-15-14-16-22-40)44-37(51)45-41(25-54(52,53)38(5,6)7)26(3)18-17-19-27(41)4/h12,26-31,33H,2,11,13-25H2,1,3-10H3,(H,42,49)(H,43,48)(H2,44,45,51)/t26-,27+,28-,29?,30-,31-,33+,41+/m0/s1. The highest BCUT2D eigenvalue weighted by atomic mass is 32.2. The van der Waals surface area contributed by atoms with Crippen molar-refractivity contribution < 1.29 is 32.4 Å². The zero-order valence-electron chi connectivity index (χ0n) is 34.4. The van der Waals surface area contributed by atoms with E-state index in [2.05, 4.69) is 41.7 Å². The number of sulfone groups is 1. The summed E-state index contributed by atoms with van der Waals surface area (Å²) < 4.78 is 26.4. The first-order valence-electron chi connectivity index (χ1n) is 20.4. The van der Waals surface area contributed by atoms with Gasteiger partial charge in [-0.1, -0.05) is 86.1 Å². The van der Waals surface area contributed by atoms with E-state index in [1.54, 1.807) is 25.7 Å². The Morgan fingerprint density at radius 3 is 2.11 bits per heavy atom. The molecule has 3 saturated carbocycles. The van der Waals surface area contributed by atoms with Gasteiger partial charge >= 0.3 is 6.03 Å². The Morgan fingerprint density at radius 2 is 1.56 bits per heavy atom. The lowest BCUT2D eigenvalue weighted by Crippen LogP contribution is -2.68. The molecule has 4 aliphatic rings. The molecule has 1 saturated heterocycles. The Hall–Kier alpha value is -2.96. The van der Waals surface area contributed by atoms with E-state index in [1.807, 2.05) is 27.7 Å². The SMILES string of the molecule is C=CCNC(=O)C(=O)C(CCCC)NC(=O)[C@@H]1[C@@H]2[C@H](CN1C(=O)[C@@H](NC(=O)N[C@@]1(CS(=O)(=O)C(C)(C)C)[C@H](C)CCC[C@@H]1C)C1(C)CCCCC1)C2(C)C. The van der Waals surface area contributed by atoms with Crippen LogP contribution in [-0.2, 0) is 29.0 Å². The summed E-state index contributed by atoms with van der Waals surface area (Å²) >= 11 is 0. The van der Waals surface area contributed by atoms with Crippen molar-refractivity contribution in [2.24, 2.45) is 34.5 Å². The number of likely N-dealkylation sites (tertiary alicyclic amines) is 1. The molecule has 0 radical (unpaired) electrons. The first-order chi connectivity index (χ1) is 25.1. The molecule has 4 N–H and O–H groups in total. The number of hydrogen-bond acceptors (Lipinski definition) is 7. The summed E-state index contributed by atoms with van der Waals surface area (Å²) in [5.74, 6) is -2.89. The van der Waals surface area contributed by atoms with Gasteiger partial charge in [-0.2, -0.15) is 0 Å². The minimum absolute atomic E-state index is 0.0568. The maximum Gasteiger partial charge on any atom is 0.315 e. The molecule has 13 heteroatoms. The number of unbranched alkanes of at least 4 members (excludes halogenated alkanes) is 1. The van der Waals surface area contributed by atoms with Crippen molar-refractivity contribution >= 4 is 39.4 Å². The maximum atomic E-state index is 15.0. The number of rotatable bonds is 15. The number of fused-ring (bicyclic) bond motifs is 1. The van der Waals surface area contributed by atoms with Gasteiger partial charge in [-0.25, -0.2) is 13.2 Å². The van der Waals surface area contributed by atoms with Gasteiger partial charge in [-0.05, 0) is 87.4 Å².